The van der Waals surface area contributed by atoms with Gasteiger partial charge in [-0.1, -0.05) is 26.0 Å². The van der Waals surface area contributed by atoms with Crippen molar-refractivity contribution in [3.8, 4) is 0 Å². The van der Waals surface area contributed by atoms with E-state index in [4.69, 9.17) is 5.73 Å². The monoisotopic (exact) mass is 177 g/mol. The van der Waals surface area contributed by atoms with E-state index in [9.17, 15) is 4.79 Å². The van der Waals surface area contributed by atoms with Gasteiger partial charge in [0, 0.05) is 0 Å². The molecule has 1 atom stereocenters. The highest BCUT2D eigenvalue weighted by Crippen LogP contribution is 2.16. The highest BCUT2D eigenvalue weighted by molar-refractivity contribution is 5.38. The van der Waals surface area contributed by atoms with Gasteiger partial charge in [-0.3, -0.25) is 4.79 Å². The molecule has 0 saturated heterocycles. The van der Waals surface area contributed by atoms with Gasteiger partial charge in [-0.2, -0.15) is 0 Å². The van der Waals surface area contributed by atoms with Gasteiger partial charge in [-0.05, 0) is 30.0 Å². The predicted molar refractivity (Wildman–Crippen MR) is 55.8 cm³/mol. The Morgan fingerprint density at radius 1 is 1.46 bits per heavy atom. The normalized spacial score (nSPS) is 12.5. The largest absolute Gasteiger partial charge is 0.396 e. The van der Waals surface area contributed by atoms with Gasteiger partial charge in [0.05, 0.1) is 5.69 Å². The van der Waals surface area contributed by atoms with Gasteiger partial charge in [0.25, 0.3) is 0 Å². The summed E-state index contributed by atoms with van der Waals surface area (Å²) in [7, 11) is 0. The third kappa shape index (κ3) is 2.31. The van der Waals surface area contributed by atoms with E-state index in [1.165, 1.54) is 0 Å². The van der Waals surface area contributed by atoms with Crippen LogP contribution in [0.2, 0.25) is 0 Å². The number of nitrogens with two attached hydrogens (primary N) is 1. The van der Waals surface area contributed by atoms with Crippen LogP contribution in [0.1, 0.15) is 31.7 Å². The molecule has 1 rings (SSSR count). The Labute approximate surface area is 78.4 Å². The molecule has 1 aromatic rings. The lowest BCUT2D eigenvalue weighted by atomic mass is 10.0. The Bertz CT molecular complexity index is 346. The molecule has 0 radical (unpaired) electrons. The van der Waals surface area contributed by atoms with E-state index in [0.29, 0.717) is 11.6 Å². The molecule has 2 heteroatoms. The minimum Gasteiger partial charge on any atom is -0.396 e. The first-order valence-electron chi connectivity index (χ1n) is 4.55. The highest BCUT2D eigenvalue weighted by atomic mass is 16.1. The van der Waals surface area contributed by atoms with E-state index in [2.05, 4.69) is 13.8 Å². The number of nitrogen functional groups attached to an aromatic ring is 1. The first-order valence-corrected chi connectivity index (χ1v) is 4.55. The van der Waals surface area contributed by atoms with Crippen molar-refractivity contribution < 1.29 is 0 Å². The van der Waals surface area contributed by atoms with Crippen LogP contribution in [0, 0.1) is 0 Å². The molecule has 0 bridgehead atoms. The zero-order valence-electron chi connectivity index (χ0n) is 8.08. The van der Waals surface area contributed by atoms with Crippen LogP contribution in [0.25, 0.3) is 0 Å². The lowest BCUT2D eigenvalue weighted by molar-refractivity contribution is 0.734. The van der Waals surface area contributed by atoms with Gasteiger partial charge in [-0.25, -0.2) is 0 Å². The number of anilines is 1. The van der Waals surface area contributed by atoms with Crippen molar-refractivity contribution in [2.75, 3.05) is 5.73 Å². The minimum atomic E-state index is -0.0831. The van der Waals surface area contributed by atoms with Crippen molar-refractivity contribution in [2.24, 2.45) is 0 Å². The Hall–Kier alpha value is -1.31. The zero-order chi connectivity index (χ0) is 9.84. The van der Waals surface area contributed by atoms with Crippen molar-refractivity contribution in [1.82, 2.24) is 0 Å². The van der Waals surface area contributed by atoms with E-state index in [0.717, 1.165) is 12.0 Å². The molecule has 0 aliphatic heterocycles. The topological polar surface area (TPSA) is 43.1 Å². The SMILES string of the molecule is CCC(C)c1cccc(N)c(=O)c1. The molecule has 0 amide bonds. The molecule has 0 aliphatic rings. The molecule has 1 aromatic carbocycles. The Morgan fingerprint density at radius 3 is 2.77 bits per heavy atom. The van der Waals surface area contributed by atoms with Crippen molar-refractivity contribution in [2.45, 2.75) is 26.2 Å². The van der Waals surface area contributed by atoms with Crippen molar-refractivity contribution in [1.29, 1.82) is 0 Å². The average Bonchev–Trinajstić information content (AvgIpc) is 2.28. The molecule has 1 unspecified atom stereocenters. The summed E-state index contributed by atoms with van der Waals surface area (Å²) in [6.07, 6.45) is 1.03. The molecular weight excluding hydrogens is 162 g/mol. The Kier molecular flexibility index (Phi) is 3.07. The van der Waals surface area contributed by atoms with E-state index in [1.807, 2.05) is 12.1 Å². The second-order valence-corrected chi connectivity index (χ2v) is 3.30. The van der Waals surface area contributed by atoms with Gasteiger partial charge in [0.2, 0.25) is 5.43 Å². The molecule has 0 aliphatic carbocycles. The Balaban J connectivity index is 3.21. The van der Waals surface area contributed by atoms with Crippen LogP contribution in [0.4, 0.5) is 5.69 Å². The fraction of sp³-hybridized carbons (Fsp3) is 0.364. The molecule has 70 valence electrons. The molecule has 0 fully saturated rings. The van der Waals surface area contributed by atoms with E-state index in [1.54, 1.807) is 12.1 Å². The van der Waals surface area contributed by atoms with Crippen LogP contribution in [0.3, 0.4) is 0 Å². The number of rotatable bonds is 2. The van der Waals surface area contributed by atoms with Crippen molar-refractivity contribution in [3.05, 3.63) is 40.1 Å². The van der Waals surface area contributed by atoms with Crippen molar-refractivity contribution in [3.63, 3.8) is 0 Å². The first-order chi connectivity index (χ1) is 6.15. The fourth-order valence-corrected chi connectivity index (χ4v) is 1.17. The average molecular weight is 177 g/mol. The van der Waals surface area contributed by atoms with Crippen LogP contribution < -0.4 is 11.2 Å². The summed E-state index contributed by atoms with van der Waals surface area (Å²) in [6.45, 7) is 4.20. The second-order valence-electron chi connectivity index (χ2n) is 3.30. The summed E-state index contributed by atoms with van der Waals surface area (Å²) < 4.78 is 0. The van der Waals surface area contributed by atoms with Crippen LogP contribution in [0.15, 0.2) is 29.1 Å². The van der Waals surface area contributed by atoms with E-state index < -0.39 is 0 Å². The predicted octanol–water partition coefficient (Wildman–Crippen LogP) is 2.14. The molecule has 2 N–H and O–H groups in total. The van der Waals surface area contributed by atoms with Gasteiger partial charge >= 0.3 is 0 Å². The molecule has 0 heterocycles. The maximum Gasteiger partial charge on any atom is 0.201 e. The van der Waals surface area contributed by atoms with Crippen LogP contribution in [-0.2, 0) is 0 Å². The maximum absolute atomic E-state index is 11.3. The molecule has 13 heavy (non-hydrogen) atoms. The molecule has 0 saturated carbocycles. The Morgan fingerprint density at radius 2 is 2.15 bits per heavy atom. The summed E-state index contributed by atoms with van der Waals surface area (Å²) in [5, 5.41) is 0. The van der Waals surface area contributed by atoms with Gasteiger partial charge in [0.15, 0.2) is 0 Å². The van der Waals surface area contributed by atoms with E-state index in [-0.39, 0.29) is 5.43 Å². The number of hydrogen-bond donors (Lipinski definition) is 1. The summed E-state index contributed by atoms with van der Waals surface area (Å²) in [4.78, 5) is 11.3. The summed E-state index contributed by atoms with van der Waals surface area (Å²) in [5.74, 6) is 0.416. The van der Waals surface area contributed by atoms with E-state index >= 15 is 0 Å². The lowest BCUT2D eigenvalue weighted by Crippen LogP contribution is -2.04. The smallest absolute Gasteiger partial charge is 0.201 e. The standard InChI is InChI=1S/C11H15NO/c1-3-8(2)9-5-4-6-10(12)11(13)7-9/h4-8H,3H2,1-2H3,(H2,12,13). The quantitative estimate of drug-likeness (QED) is 0.752. The van der Waals surface area contributed by atoms with Gasteiger partial charge < -0.3 is 5.73 Å². The first kappa shape index (κ1) is 9.78. The third-order valence-corrected chi connectivity index (χ3v) is 2.33. The summed E-state index contributed by atoms with van der Waals surface area (Å²) in [5.41, 5.74) is 6.79. The molecule has 0 spiro atoms. The number of hydrogen-bond acceptors (Lipinski definition) is 2. The minimum absolute atomic E-state index is 0.0831. The molecule has 0 aromatic heterocycles. The molecular formula is C11H15NO. The van der Waals surface area contributed by atoms with Gasteiger partial charge in [0.1, 0.15) is 0 Å². The summed E-state index contributed by atoms with van der Waals surface area (Å²) >= 11 is 0. The second kappa shape index (κ2) is 4.08. The summed E-state index contributed by atoms with van der Waals surface area (Å²) in [6, 6.07) is 7.06. The third-order valence-electron chi connectivity index (χ3n) is 2.33. The van der Waals surface area contributed by atoms with Crippen molar-refractivity contribution >= 4 is 5.69 Å². The maximum atomic E-state index is 11.3. The zero-order valence-corrected chi connectivity index (χ0v) is 8.08. The van der Waals surface area contributed by atoms with Crippen LogP contribution >= 0.6 is 0 Å². The van der Waals surface area contributed by atoms with Crippen LogP contribution in [-0.4, -0.2) is 0 Å². The van der Waals surface area contributed by atoms with Gasteiger partial charge in [-0.15, -0.1) is 0 Å². The fourth-order valence-electron chi connectivity index (χ4n) is 1.17. The highest BCUT2D eigenvalue weighted by Gasteiger charge is 2.02. The molecule has 2 nitrogen and oxygen atoms in total. The lowest BCUT2D eigenvalue weighted by Gasteiger charge is -2.04. The van der Waals surface area contributed by atoms with Crippen LogP contribution in [0.5, 0.6) is 0 Å².